The lowest BCUT2D eigenvalue weighted by atomic mass is 9.58. The van der Waals surface area contributed by atoms with Gasteiger partial charge < -0.3 is 26.2 Å². The molecule has 0 heterocycles. The predicted octanol–water partition coefficient (Wildman–Crippen LogP) is 2.41. The van der Waals surface area contributed by atoms with Gasteiger partial charge in [0.1, 0.15) is 28.7 Å². The molecule has 0 radical (unpaired) electrons. The second kappa shape index (κ2) is 10.5. The molecule has 1 fully saturated rings. The summed E-state index contributed by atoms with van der Waals surface area (Å²) in [6.45, 7) is 2.99. The van der Waals surface area contributed by atoms with Gasteiger partial charge in [0.2, 0.25) is 5.78 Å². The van der Waals surface area contributed by atoms with Gasteiger partial charge in [0, 0.05) is 35.2 Å². The van der Waals surface area contributed by atoms with Gasteiger partial charge in [-0.25, -0.2) is 4.39 Å². The third kappa shape index (κ3) is 4.36. The minimum absolute atomic E-state index is 0.0258. The van der Waals surface area contributed by atoms with E-state index in [9.17, 15) is 34.8 Å². The SMILES string of the molecule is CCN(Cc1cc(O)c2c(c1F)C[C@H]1C[C@H]3[C@H](N(C)C)C(O)=C(C(N)=O)C(=O)[C@@]3(O)C(O)=C1C2=O)C1CCCCC1. The summed E-state index contributed by atoms with van der Waals surface area (Å²) in [5, 5.41) is 44.9. The summed E-state index contributed by atoms with van der Waals surface area (Å²) in [4.78, 5) is 42.9. The maximum atomic E-state index is 16.1. The number of aromatic hydroxyl groups is 1. The van der Waals surface area contributed by atoms with Gasteiger partial charge in [-0.2, -0.15) is 0 Å². The molecular weight excluding hydrogens is 533 g/mol. The highest BCUT2D eigenvalue weighted by molar-refractivity contribution is 6.24. The minimum Gasteiger partial charge on any atom is -0.510 e. The number of aliphatic hydroxyl groups excluding tert-OH is 2. The number of halogens is 1. The number of phenolic OH excluding ortho intramolecular Hbond substituents is 1. The van der Waals surface area contributed by atoms with Crippen LogP contribution in [0.4, 0.5) is 4.39 Å². The molecule has 1 aromatic rings. The third-order valence-corrected chi connectivity index (χ3v) is 9.60. The first-order chi connectivity index (χ1) is 19.3. The number of Topliss-reactive ketones (excluding diaryl/α,β-unsaturated/α-hetero) is 2. The van der Waals surface area contributed by atoms with E-state index in [0.29, 0.717) is 12.6 Å². The number of benzene rings is 1. The van der Waals surface area contributed by atoms with Crippen LogP contribution in [-0.4, -0.2) is 86.0 Å². The Morgan fingerprint density at radius 2 is 1.80 bits per heavy atom. The van der Waals surface area contributed by atoms with Crippen LogP contribution in [0.2, 0.25) is 0 Å². The molecule has 0 saturated heterocycles. The van der Waals surface area contributed by atoms with Gasteiger partial charge >= 0.3 is 0 Å². The summed E-state index contributed by atoms with van der Waals surface area (Å²) in [5.41, 5.74) is 1.45. The first-order valence-electron chi connectivity index (χ1n) is 14.3. The Labute approximate surface area is 237 Å². The van der Waals surface area contributed by atoms with Crippen molar-refractivity contribution in [3.63, 3.8) is 0 Å². The Hall–Kier alpha value is -3.28. The quantitative estimate of drug-likeness (QED) is 0.323. The van der Waals surface area contributed by atoms with Crippen LogP contribution in [0.5, 0.6) is 5.75 Å². The highest BCUT2D eigenvalue weighted by atomic mass is 19.1. The van der Waals surface area contributed by atoms with E-state index in [2.05, 4.69) is 4.90 Å². The first-order valence-corrected chi connectivity index (χ1v) is 14.3. The zero-order valence-corrected chi connectivity index (χ0v) is 23.6. The Morgan fingerprint density at radius 1 is 1.15 bits per heavy atom. The number of rotatable bonds is 6. The van der Waals surface area contributed by atoms with Crippen molar-refractivity contribution in [2.75, 3.05) is 20.6 Å². The second-order valence-electron chi connectivity index (χ2n) is 12.0. The molecule has 0 spiro atoms. The lowest BCUT2D eigenvalue weighted by Gasteiger charge is -2.50. The summed E-state index contributed by atoms with van der Waals surface area (Å²) >= 11 is 0. The zero-order valence-electron chi connectivity index (χ0n) is 23.6. The molecule has 0 bridgehead atoms. The third-order valence-electron chi connectivity index (χ3n) is 9.60. The van der Waals surface area contributed by atoms with Gasteiger partial charge in [-0.1, -0.05) is 26.2 Å². The average molecular weight is 572 g/mol. The monoisotopic (exact) mass is 571 g/mol. The van der Waals surface area contributed by atoms with Crippen LogP contribution < -0.4 is 5.73 Å². The van der Waals surface area contributed by atoms with Gasteiger partial charge in [-0.15, -0.1) is 0 Å². The van der Waals surface area contributed by atoms with Gasteiger partial charge in [0.15, 0.2) is 11.4 Å². The molecule has 4 aliphatic rings. The summed E-state index contributed by atoms with van der Waals surface area (Å²) < 4.78 is 16.1. The van der Waals surface area contributed by atoms with E-state index in [1.165, 1.54) is 17.4 Å². The number of ketones is 2. The minimum atomic E-state index is -2.72. The normalized spacial score (nSPS) is 28.7. The number of carbonyl (C=O) groups excluding carboxylic acids is 3. The molecule has 5 rings (SSSR count). The molecule has 1 amide bonds. The number of hydrogen-bond donors (Lipinski definition) is 5. The van der Waals surface area contributed by atoms with E-state index in [4.69, 9.17) is 5.73 Å². The molecule has 0 unspecified atom stereocenters. The molecule has 10 nitrogen and oxygen atoms in total. The largest absolute Gasteiger partial charge is 0.510 e. The first kappa shape index (κ1) is 29.2. The van der Waals surface area contributed by atoms with Crippen molar-refractivity contribution in [2.24, 2.45) is 17.6 Å². The van der Waals surface area contributed by atoms with E-state index < -0.39 is 69.6 Å². The standard InChI is InChI=1S/C30H38FN3O7/c1-4-34(16-8-6-5-7-9-16)13-15-12-19(35)21-17(23(15)31)10-14-11-18-24(33(2)3)26(37)22(29(32)40)28(39)30(18,41)27(38)20(14)25(21)36/h12,14,16,18,24,35,37-38,41H,4-11,13H2,1-3H3,(H2,32,40)/t14-,18-,24-,30-/m0/s1. The number of aliphatic hydroxyl groups is 3. The van der Waals surface area contributed by atoms with Crippen molar-refractivity contribution < 1.29 is 39.2 Å². The average Bonchev–Trinajstić information content (AvgIpc) is 2.91. The summed E-state index contributed by atoms with van der Waals surface area (Å²) in [6.07, 6.45) is 5.30. The number of amides is 1. The Balaban J connectivity index is 1.59. The topological polar surface area (TPSA) is 165 Å². The Morgan fingerprint density at radius 3 is 2.39 bits per heavy atom. The number of nitrogens with zero attached hydrogens (tertiary/aromatic N) is 2. The van der Waals surface area contributed by atoms with E-state index in [-0.39, 0.29) is 41.6 Å². The molecule has 0 aliphatic heterocycles. The molecule has 1 saturated carbocycles. The molecular formula is C30H38FN3O7. The smallest absolute Gasteiger partial charge is 0.255 e. The van der Waals surface area contributed by atoms with Crippen LogP contribution in [0.15, 0.2) is 28.7 Å². The van der Waals surface area contributed by atoms with Crippen molar-refractivity contribution in [3.05, 3.63) is 51.2 Å². The van der Waals surface area contributed by atoms with E-state index >= 15 is 4.39 Å². The summed E-state index contributed by atoms with van der Waals surface area (Å²) in [6, 6.07) is 0.460. The lowest BCUT2D eigenvalue weighted by molar-refractivity contribution is -0.148. The molecule has 6 N–H and O–H groups in total. The zero-order chi connectivity index (χ0) is 30.0. The van der Waals surface area contributed by atoms with Crippen molar-refractivity contribution in [2.45, 2.75) is 76.1 Å². The highest BCUT2D eigenvalue weighted by Gasteiger charge is 2.63. The Bertz CT molecular complexity index is 1380. The van der Waals surface area contributed by atoms with E-state index in [0.717, 1.165) is 25.7 Å². The van der Waals surface area contributed by atoms with Crippen LogP contribution in [0.25, 0.3) is 0 Å². The van der Waals surface area contributed by atoms with Gasteiger partial charge in [-0.05, 0) is 58.3 Å². The number of hydrogen-bond acceptors (Lipinski definition) is 9. The van der Waals surface area contributed by atoms with Crippen molar-refractivity contribution in [1.29, 1.82) is 0 Å². The van der Waals surface area contributed by atoms with E-state index in [1.807, 2.05) is 6.92 Å². The summed E-state index contributed by atoms with van der Waals surface area (Å²) in [7, 11) is 3.12. The predicted molar refractivity (Wildman–Crippen MR) is 147 cm³/mol. The molecule has 4 aliphatic carbocycles. The fraction of sp³-hybridized carbons (Fsp3) is 0.567. The lowest BCUT2D eigenvalue weighted by Crippen LogP contribution is -2.63. The number of likely N-dealkylation sites (N-methyl/N-ethyl adjacent to an activating group) is 1. The fourth-order valence-corrected chi connectivity index (χ4v) is 7.63. The van der Waals surface area contributed by atoms with Gasteiger partial charge in [0.05, 0.1) is 11.6 Å². The number of carbonyl (C=O) groups is 3. The van der Waals surface area contributed by atoms with Crippen LogP contribution in [0.1, 0.15) is 66.9 Å². The fourth-order valence-electron chi connectivity index (χ4n) is 7.63. The molecule has 4 atom stereocenters. The molecule has 41 heavy (non-hydrogen) atoms. The van der Waals surface area contributed by atoms with Crippen LogP contribution in [0.3, 0.4) is 0 Å². The van der Waals surface area contributed by atoms with Gasteiger partial charge in [0.25, 0.3) is 5.91 Å². The van der Waals surface area contributed by atoms with Crippen molar-refractivity contribution in [1.82, 2.24) is 9.80 Å². The summed E-state index contributed by atoms with van der Waals surface area (Å²) in [5.74, 6) is -8.09. The maximum Gasteiger partial charge on any atom is 0.255 e. The van der Waals surface area contributed by atoms with Crippen LogP contribution in [0, 0.1) is 17.7 Å². The number of primary amides is 1. The molecule has 11 heteroatoms. The van der Waals surface area contributed by atoms with Crippen molar-refractivity contribution in [3.8, 4) is 5.75 Å². The Kier molecular flexibility index (Phi) is 7.50. The molecule has 0 aromatic heterocycles. The van der Waals surface area contributed by atoms with Gasteiger partial charge in [-0.3, -0.25) is 24.2 Å². The van der Waals surface area contributed by atoms with Crippen LogP contribution in [-0.2, 0) is 22.6 Å². The van der Waals surface area contributed by atoms with Crippen LogP contribution >= 0.6 is 0 Å². The number of fused-ring (bicyclic) bond motifs is 3. The molecule has 1 aromatic carbocycles. The number of allylic oxidation sites excluding steroid dienone is 1. The number of nitrogens with two attached hydrogens (primary N) is 1. The highest BCUT2D eigenvalue weighted by Crippen LogP contribution is 2.52. The molecule has 222 valence electrons. The number of phenols is 1. The van der Waals surface area contributed by atoms with E-state index in [1.54, 1.807) is 14.1 Å². The second-order valence-corrected chi connectivity index (χ2v) is 12.0. The van der Waals surface area contributed by atoms with Crippen molar-refractivity contribution >= 4 is 17.5 Å². The maximum absolute atomic E-state index is 16.1.